The second kappa shape index (κ2) is 4.81. The van der Waals surface area contributed by atoms with Crippen LogP contribution in [0.15, 0.2) is 18.2 Å². The predicted octanol–water partition coefficient (Wildman–Crippen LogP) is 3.61. The first kappa shape index (κ1) is 14.4. The molecule has 0 atom stereocenters. The van der Waals surface area contributed by atoms with Crippen LogP contribution in [-0.4, -0.2) is 9.97 Å². The quantitative estimate of drug-likeness (QED) is 0.866. The minimum atomic E-state index is -0.661. The first-order valence-electron chi connectivity index (χ1n) is 6.30. The molecule has 0 unspecified atom stereocenters. The smallest absolute Gasteiger partial charge is 0.138 e. The van der Waals surface area contributed by atoms with Crippen molar-refractivity contribution in [1.82, 2.24) is 9.97 Å². The van der Waals surface area contributed by atoms with E-state index in [1.54, 1.807) is 6.92 Å². The SMILES string of the molecule is Cc1ccc(F)c(-c2cc(N)nc(C(C)(C)C)n2)c1F. The van der Waals surface area contributed by atoms with Gasteiger partial charge in [-0.15, -0.1) is 0 Å². The van der Waals surface area contributed by atoms with Crippen molar-refractivity contribution in [3.8, 4) is 11.3 Å². The summed E-state index contributed by atoms with van der Waals surface area (Å²) in [6, 6.07) is 4.00. The Kier molecular flexibility index (Phi) is 3.46. The fourth-order valence-corrected chi connectivity index (χ4v) is 1.82. The molecular formula is C15H17F2N3. The van der Waals surface area contributed by atoms with E-state index in [1.807, 2.05) is 20.8 Å². The Morgan fingerprint density at radius 2 is 1.75 bits per heavy atom. The van der Waals surface area contributed by atoms with Crippen LogP contribution in [0.2, 0.25) is 0 Å². The minimum absolute atomic E-state index is 0.162. The maximum Gasteiger partial charge on any atom is 0.138 e. The number of aromatic nitrogens is 2. The van der Waals surface area contributed by atoms with Crippen molar-refractivity contribution >= 4 is 5.82 Å². The minimum Gasteiger partial charge on any atom is -0.384 e. The third-order valence-electron chi connectivity index (χ3n) is 2.96. The Morgan fingerprint density at radius 3 is 2.35 bits per heavy atom. The molecule has 0 aliphatic heterocycles. The number of anilines is 1. The number of benzene rings is 1. The summed E-state index contributed by atoms with van der Waals surface area (Å²) in [5.41, 5.74) is 5.74. The molecule has 1 aromatic carbocycles. The van der Waals surface area contributed by atoms with E-state index < -0.39 is 11.6 Å². The molecule has 5 heteroatoms. The van der Waals surface area contributed by atoms with Gasteiger partial charge >= 0.3 is 0 Å². The Bertz CT molecular complexity index is 661. The van der Waals surface area contributed by atoms with Crippen molar-refractivity contribution in [2.75, 3.05) is 5.73 Å². The van der Waals surface area contributed by atoms with Crippen LogP contribution in [0.5, 0.6) is 0 Å². The van der Waals surface area contributed by atoms with Crippen molar-refractivity contribution < 1.29 is 8.78 Å². The van der Waals surface area contributed by atoms with E-state index in [2.05, 4.69) is 9.97 Å². The second-order valence-electron chi connectivity index (χ2n) is 5.80. The summed E-state index contributed by atoms with van der Waals surface area (Å²) >= 11 is 0. The highest BCUT2D eigenvalue weighted by atomic mass is 19.1. The van der Waals surface area contributed by atoms with Crippen LogP contribution < -0.4 is 5.73 Å². The molecule has 0 saturated heterocycles. The number of hydrogen-bond donors (Lipinski definition) is 1. The van der Waals surface area contributed by atoms with Crippen molar-refractivity contribution in [3.63, 3.8) is 0 Å². The molecule has 0 radical (unpaired) electrons. The summed E-state index contributed by atoms with van der Waals surface area (Å²) in [6.07, 6.45) is 0. The van der Waals surface area contributed by atoms with E-state index >= 15 is 0 Å². The van der Waals surface area contributed by atoms with E-state index in [4.69, 9.17) is 5.73 Å². The third kappa shape index (κ3) is 2.61. The molecule has 1 heterocycles. The summed E-state index contributed by atoms with van der Waals surface area (Å²) in [5, 5.41) is 0. The number of nitrogen functional groups attached to an aromatic ring is 1. The Hall–Kier alpha value is -2.04. The summed E-state index contributed by atoms with van der Waals surface area (Å²) in [6.45, 7) is 7.31. The lowest BCUT2D eigenvalue weighted by molar-refractivity contribution is 0.545. The third-order valence-corrected chi connectivity index (χ3v) is 2.96. The molecule has 3 nitrogen and oxygen atoms in total. The Labute approximate surface area is 116 Å². The summed E-state index contributed by atoms with van der Waals surface area (Å²) in [4.78, 5) is 8.40. The normalized spacial score (nSPS) is 11.7. The molecule has 1 aromatic heterocycles. The largest absolute Gasteiger partial charge is 0.384 e. The van der Waals surface area contributed by atoms with Gasteiger partial charge < -0.3 is 5.73 Å². The van der Waals surface area contributed by atoms with Crippen molar-refractivity contribution in [3.05, 3.63) is 41.2 Å². The molecule has 0 bridgehead atoms. The molecule has 0 aliphatic carbocycles. The van der Waals surface area contributed by atoms with E-state index in [9.17, 15) is 8.78 Å². The Morgan fingerprint density at radius 1 is 1.10 bits per heavy atom. The van der Waals surface area contributed by atoms with Gasteiger partial charge in [-0.25, -0.2) is 18.7 Å². The zero-order chi connectivity index (χ0) is 15.1. The predicted molar refractivity (Wildman–Crippen MR) is 75.2 cm³/mol. The molecular weight excluding hydrogens is 260 g/mol. The first-order chi connectivity index (χ1) is 9.20. The lowest BCUT2D eigenvalue weighted by atomic mass is 9.95. The molecule has 2 aromatic rings. The van der Waals surface area contributed by atoms with Gasteiger partial charge in [0.25, 0.3) is 0 Å². The zero-order valence-electron chi connectivity index (χ0n) is 12.0. The van der Waals surface area contributed by atoms with Gasteiger partial charge in [-0.05, 0) is 18.6 Å². The van der Waals surface area contributed by atoms with Crippen LogP contribution in [0, 0.1) is 18.6 Å². The highest BCUT2D eigenvalue weighted by Gasteiger charge is 2.22. The van der Waals surface area contributed by atoms with E-state index in [-0.39, 0.29) is 22.5 Å². The van der Waals surface area contributed by atoms with Crippen LogP contribution in [0.4, 0.5) is 14.6 Å². The van der Waals surface area contributed by atoms with Crippen LogP contribution in [0.25, 0.3) is 11.3 Å². The van der Waals surface area contributed by atoms with Gasteiger partial charge in [0.15, 0.2) is 0 Å². The average molecular weight is 277 g/mol. The molecule has 20 heavy (non-hydrogen) atoms. The van der Waals surface area contributed by atoms with Gasteiger partial charge in [0.2, 0.25) is 0 Å². The molecule has 106 valence electrons. The van der Waals surface area contributed by atoms with Crippen molar-refractivity contribution in [2.45, 2.75) is 33.1 Å². The van der Waals surface area contributed by atoms with Gasteiger partial charge in [-0.3, -0.25) is 0 Å². The molecule has 2 N–H and O–H groups in total. The number of nitrogens with zero attached hydrogens (tertiary/aromatic N) is 2. The Balaban J connectivity index is 2.71. The summed E-state index contributed by atoms with van der Waals surface area (Å²) in [7, 11) is 0. The zero-order valence-corrected chi connectivity index (χ0v) is 12.0. The highest BCUT2D eigenvalue weighted by molar-refractivity contribution is 5.64. The van der Waals surface area contributed by atoms with Gasteiger partial charge in [0.1, 0.15) is 23.3 Å². The average Bonchev–Trinajstić information content (AvgIpc) is 2.33. The lowest BCUT2D eigenvalue weighted by Crippen LogP contribution is -2.17. The maximum atomic E-state index is 14.2. The standard InChI is InChI=1S/C15H17F2N3/c1-8-5-6-9(16)12(13(8)17)10-7-11(18)20-14(19-10)15(2,3)4/h5-7H,1-4H3,(H2,18,19,20). The van der Waals surface area contributed by atoms with Gasteiger partial charge in [0, 0.05) is 11.5 Å². The number of halogens is 2. The summed E-state index contributed by atoms with van der Waals surface area (Å²) < 4.78 is 28.1. The number of aryl methyl sites for hydroxylation is 1. The molecule has 0 aliphatic rings. The van der Waals surface area contributed by atoms with Crippen LogP contribution in [0.1, 0.15) is 32.2 Å². The van der Waals surface area contributed by atoms with E-state index in [1.165, 1.54) is 18.2 Å². The topological polar surface area (TPSA) is 51.8 Å². The second-order valence-corrected chi connectivity index (χ2v) is 5.80. The van der Waals surface area contributed by atoms with Crippen molar-refractivity contribution in [1.29, 1.82) is 0 Å². The van der Waals surface area contributed by atoms with Gasteiger partial charge in [-0.1, -0.05) is 26.8 Å². The maximum absolute atomic E-state index is 14.2. The molecule has 0 fully saturated rings. The molecule has 0 saturated carbocycles. The van der Waals surface area contributed by atoms with Crippen LogP contribution >= 0.6 is 0 Å². The molecule has 2 rings (SSSR count). The number of rotatable bonds is 1. The van der Waals surface area contributed by atoms with Crippen LogP contribution in [0.3, 0.4) is 0 Å². The van der Waals surface area contributed by atoms with Crippen LogP contribution in [-0.2, 0) is 5.41 Å². The first-order valence-corrected chi connectivity index (χ1v) is 6.30. The fourth-order valence-electron chi connectivity index (χ4n) is 1.82. The number of hydrogen-bond acceptors (Lipinski definition) is 3. The summed E-state index contributed by atoms with van der Waals surface area (Å²) in [5.74, 6) is -0.637. The van der Waals surface area contributed by atoms with Crippen molar-refractivity contribution in [2.24, 2.45) is 0 Å². The monoisotopic (exact) mass is 277 g/mol. The van der Waals surface area contributed by atoms with E-state index in [0.29, 0.717) is 11.4 Å². The molecule has 0 spiro atoms. The fraction of sp³-hybridized carbons (Fsp3) is 0.333. The number of nitrogens with two attached hydrogens (primary N) is 1. The van der Waals surface area contributed by atoms with Gasteiger partial charge in [-0.2, -0.15) is 0 Å². The van der Waals surface area contributed by atoms with Gasteiger partial charge in [0.05, 0.1) is 11.3 Å². The van der Waals surface area contributed by atoms with E-state index in [0.717, 1.165) is 0 Å². The lowest BCUT2D eigenvalue weighted by Gasteiger charge is -2.18. The molecule has 0 amide bonds. The highest BCUT2D eigenvalue weighted by Crippen LogP contribution is 2.29.